The van der Waals surface area contributed by atoms with Crippen LogP contribution >= 0.6 is 11.8 Å². The lowest BCUT2D eigenvalue weighted by Gasteiger charge is -2.19. The summed E-state index contributed by atoms with van der Waals surface area (Å²) < 4.78 is 18.6. The number of aromatic nitrogens is 1. The van der Waals surface area contributed by atoms with Crippen molar-refractivity contribution in [1.29, 1.82) is 0 Å². The molecule has 1 atom stereocenters. The highest BCUT2D eigenvalue weighted by Gasteiger charge is 2.37. The maximum absolute atomic E-state index is 13.4. The fourth-order valence-corrected chi connectivity index (χ4v) is 5.23. The molecule has 1 aromatic heterocycles. The first-order valence-corrected chi connectivity index (χ1v) is 16.8. The van der Waals surface area contributed by atoms with Gasteiger partial charge in [-0.15, -0.1) is 0 Å². The number of carbonyl (C=O) groups is 3. The van der Waals surface area contributed by atoms with Crippen LogP contribution in [0.5, 0.6) is 0 Å². The minimum atomic E-state index is -0.349. The van der Waals surface area contributed by atoms with E-state index in [4.69, 9.17) is 4.74 Å². The number of benzene rings is 2. The van der Waals surface area contributed by atoms with Gasteiger partial charge in [-0.2, -0.15) is 0 Å². The van der Waals surface area contributed by atoms with Crippen molar-refractivity contribution in [2.75, 3.05) is 13.1 Å². The van der Waals surface area contributed by atoms with E-state index in [2.05, 4.69) is 15.3 Å². The van der Waals surface area contributed by atoms with E-state index in [0.29, 0.717) is 43.4 Å². The molecule has 4 rings (SSSR count). The van der Waals surface area contributed by atoms with Crippen molar-refractivity contribution in [2.45, 2.75) is 65.9 Å². The van der Waals surface area contributed by atoms with E-state index in [1.165, 1.54) is 23.9 Å². The second-order valence-corrected chi connectivity index (χ2v) is 11.6. The predicted molar refractivity (Wildman–Crippen MR) is 192 cm³/mol. The molecule has 9 nitrogen and oxygen atoms in total. The zero-order valence-electron chi connectivity index (χ0n) is 28.3. The number of rotatable bonds is 12. The molecule has 3 amide bonds. The molecule has 1 N–H and O–H groups in total. The lowest BCUT2D eigenvalue weighted by molar-refractivity contribution is -0.126. The molecule has 48 heavy (non-hydrogen) atoms. The van der Waals surface area contributed by atoms with Gasteiger partial charge in [0.05, 0.1) is 23.2 Å². The van der Waals surface area contributed by atoms with Crippen LogP contribution < -0.4 is 5.32 Å². The Morgan fingerprint density at radius 3 is 2.44 bits per heavy atom. The van der Waals surface area contributed by atoms with Crippen LogP contribution in [-0.2, 0) is 27.5 Å². The molecule has 1 aliphatic rings. The zero-order chi connectivity index (χ0) is 35.1. The lowest BCUT2D eigenvalue weighted by atomic mass is 10.2. The Morgan fingerprint density at radius 1 is 1.10 bits per heavy atom. The topological polar surface area (TPSA) is 104 Å². The first-order chi connectivity index (χ1) is 23.3. The van der Waals surface area contributed by atoms with Crippen LogP contribution in [0, 0.1) is 5.82 Å². The van der Waals surface area contributed by atoms with Crippen molar-refractivity contribution in [3.63, 3.8) is 0 Å². The number of allylic oxidation sites excluding steroid dienone is 4. The number of halogens is 1. The Kier molecular flexibility index (Phi) is 18.6. The van der Waals surface area contributed by atoms with E-state index in [1.807, 2.05) is 101 Å². The Labute approximate surface area is 288 Å². The maximum Gasteiger partial charge on any atom is 0.410 e. The minimum absolute atomic E-state index is 0.00362. The molecule has 2 aromatic carbocycles. The smallest absolute Gasteiger partial charge is 0.410 e. The minimum Gasteiger partial charge on any atom is -0.445 e. The summed E-state index contributed by atoms with van der Waals surface area (Å²) in [6.45, 7) is 11.8. The molecule has 1 fully saturated rings. The number of hydrogen-bond acceptors (Lipinski definition) is 7. The van der Waals surface area contributed by atoms with Crippen molar-refractivity contribution in [1.82, 2.24) is 20.1 Å². The monoisotopic (exact) mass is 675 g/mol. The van der Waals surface area contributed by atoms with Gasteiger partial charge in [0.25, 0.3) is 0 Å². The molecular formula is C37H46FN5O4S. The summed E-state index contributed by atoms with van der Waals surface area (Å²) in [5.74, 6) is -0.346. The predicted octanol–water partition coefficient (Wildman–Crippen LogP) is 8.03. The number of nitrogens with one attached hydrogen (secondary N) is 1. The van der Waals surface area contributed by atoms with Gasteiger partial charge in [0.2, 0.25) is 12.3 Å². The maximum atomic E-state index is 13.4. The average molecular weight is 676 g/mol. The van der Waals surface area contributed by atoms with Crippen LogP contribution in [0.1, 0.15) is 58.7 Å². The van der Waals surface area contributed by atoms with Crippen molar-refractivity contribution >= 4 is 41.0 Å². The molecule has 256 valence electrons. The molecule has 1 unspecified atom stereocenters. The molecule has 11 heteroatoms. The molecule has 2 heterocycles. The summed E-state index contributed by atoms with van der Waals surface area (Å²) in [6, 6.07) is 21.4. The second kappa shape index (κ2) is 22.7. The summed E-state index contributed by atoms with van der Waals surface area (Å²) in [6.07, 6.45) is 9.45. The molecule has 3 aromatic rings. The average Bonchev–Trinajstić information content (AvgIpc) is 3.39. The Balaban J connectivity index is 0.000000297. The Morgan fingerprint density at radius 2 is 1.85 bits per heavy atom. The molecule has 0 spiro atoms. The number of hydrogen-bond donors (Lipinski definition) is 1. The Bertz CT molecular complexity index is 1500. The quantitative estimate of drug-likeness (QED) is 0.154. The van der Waals surface area contributed by atoms with E-state index in [9.17, 15) is 18.8 Å². The third kappa shape index (κ3) is 14.3. The van der Waals surface area contributed by atoms with Crippen molar-refractivity contribution in [3.8, 4) is 0 Å². The van der Waals surface area contributed by atoms with E-state index in [-0.39, 0.29) is 23.1 Å². The molecule has 1 saturated heterocycles. The van der Waals surface area contributed by atoms with E-state index in [1.54, 1.807) is 28.1 Å². The summed E-state index contributed by atoms with van der Waals surface area (Å²) in [7, 11) is 0. The standard InChI is InChI=1S/C19H18FN3OS.C13H19NO2.C5H9NO/c1-2-3-10-17-18(24)23(13-16-8-4-5-11-21-16)19(25-17)22-15-9-6-7-14(20)12-15;1-3-10-14(4-2)13(15)16-11-12-8-6-5-7-9-12;1-3-5(2)6-4-7/h2-9,11-12,17H,10,13H2,1H3;5-9H,3-4,10-11H2,1-2H3;3-4H,1-2H3,(H,6,7)/b3-2-,22-19?;;5-3+. The highest BCUT2D eigenvalue weighted by atomic mass is 32.2. The first kappa shape index (κ1) is 39.4. The van der Waals surface area contributed by atoms with E-state index < -0.39 is 0 Å². The van der Waals surface area contributed by atoms with Gasteiger partial charge in [-0.3, -0.25) is 19.5 Å². The number of thioether (sulfide) groups is 1. The van der Waals surface area contributed by atoms with Gasteiger partial charge < -0.3 is 15.0 Å². The summed E-state index contributed by atoms with van der Waals surface area (Å²) >= 11 is 1.41. The van der Waals surface area contributed by atoms with Crippen molar-refractivity contribution in [2.24, 2.45) is 4.99 Å². The van der Waals surface area contributed by atoms with Gasteiger partial charge in [-0.25, -0.2) is 14.2 Å². The highest BCUT2D eigenvalue weighted by Crippen LogP contribution is 2.33. The fraction of sp³-hybridized carbons (Fsp3) is 0.324. The lowest BCUT2D eigenvalue weighted by Crippen LogP contribution is -2.31. The molecule has 0 radical (unpaired) electrons. The highest BCUT2D eigenvalue weighted by molar-refractivity contribution is 8.15. The number of carbonyl (C=O) groups excluding carboxylic acids is 3. The summed E-state index contributed by atoms with van der Waals surface area (Å²) in [4.78, 5) is 46.2. The second-order valence-electron chi connectivity index (χ2n) is 10.4. The third-order valence-corrected chi connectivity index (χ3v) is 7.94. The van der Waals surface area contributed by atoms with Crippen LogP contribution in [0.3, 0.4) is 0 Å². The number of amides is 3. The number of ether oxygens (including phenoxy) is 1. The molecule has 0 aliphatic carbocycles. The Hall–Kier alpha value is -4.77. The van der Waals surface area contributed by atoms with Gasteiger partial charge >= 0.3 is 6.09 Å². The van der Waals surface area contributed by atoms with Crippen molar-refractivity contribution in [3.05, 3.63) is 120 Å². The van der Waals surface area contributed by atoms with Gasteiger partial charge in [-0.05, 0) is 76.4 Å². The largest absolute Gasteiger partial charge is 0.445 e. The molecule has 1 aliphatic heterocycles. The third-order valence-electron chi connectivity index (χ3n) is 6.74. The summed E-state index contributed by atoms with van der Waals surface area (Å²) in [5, 5.41) is 2.84. The van der Waals surface area contributed by atoms with Crippen LogP contribution in [0.15, 0.2) is 108 Å². The van der Waals surface area contributed by atoms with Gasteiger partial charge in [0.1, 0.15) is 12.4 Å². The van der Waals surface area contributed by atoms with Crippen LogP contribution in [-0.4, -0.2) is 56.7 Å². The first-order valence-electron chi connectivity index (χ1n) is 15.9. The zero-order valence-corrected chi connectivity index (χ0v) is 29.2. The SMILES string of the molecule is C/C=C(\C)NC=O.C/C=C\CC1SC(=Nc2cccc(F)c2)N(Cc2ccccn2)C1=O.CCCN(CC)C(=O)OCc1ccccc1. The summed E-state index contributed by atoms with van der Waals surface area (Å²) in [5.41, 5.74) is 3.18. The van der Waals surface area contributed by atoms with E-state index in [0.717, 1.165) is 29.9 Å². The van der Waals surface area contributed by atoms with E-state index >= 15 is 0 Å². The van der Waals surface area contributed by atoms with Crippen LogP contribution in [0.4, 0.5) is 14.9 Å². The van der Waals surface area contributed by atoms with Gasteiger partial charge in [0.15, 0.2) is 5.17 Å². The number of pyridine rings is 1. The number of amidine groups is 1. The molecule has 0 saturated carbocycles. The number of nitrogens with zero attached hydrogens (tertiary/aromatic N) is 4. The van der Waals surface area contributed by atoms with Crippen LogP contribution in [0.25, 0.3) is 0 Å². The van der Waals surface area contributed by atoms with Gasteiger partial charge in [-0.1, -0.05) is 79.4 Å². The number of aliphatic imine (C=N–C) groups is 1. The van der Waals surface area contributed by atoms with Gasteiger partial charge in [0, 0.05) is 25.0 Å². The normalized spacial score (nSPS) is 14.9. The van der Waals surface area contributed by atoms with Crippen LogP contribution in [0.2, 0.25) is 0 Å². The molecular weight excluding hydrogens is 630 g/mol. The fourth-order valence-electron chi connectivity index (χ4n) is 4.10. The molecule has 0 bridgehead atoms. The van der Waals surface area contributed by atoms with Crippen molar-refractivity contribution < 1.29 is 23.5 Å².